The minimum Gasteiger partial charge on any atom is -0.285 e. The van der Waals surface area contributed by atoms with Crippen molar-refractivity contribution >= 4 is 20.0 Å². The Morgan fingerprint density at radius 3 is 2.38 bits per heavy atom. The summed E-state index contributed by atoms with van der Waals surface area (Å²) < 4.78 is 49.6. The average molecular weight is 370 g/mol. The molecule has 1 aliphatic heterocycles. The van der Waals surface area contributed by atoms with Crippen LogP contribution in [0.4, 0.5) is 0 Å². The van der Waals surface area contributed by atoms with Gasteiger partial charge in [0.15, 0.2) is 0 Å². The fourth-order valence-electron chi connectivity index (χ4n) is 2.87. The molecule has 2 heterocycles. The maximum atomic E-state index is 12.8. The number of rotatable bonds is 4. The molecule has 0 aliphatic carbocycles. The van der Waals surface area contributed by atoms with Gasteiger partial charge in [0.1, 0.15) is 0 Å². The van der Waals surface area contributed by atoms with Crippen LogP contribution >= 0.6 is 0 Å². The van der Waals surface area contributed by atoms with Gasteiger partial charge in [-0.15, -0.1) is 0 Å². The molecule has 130 valence electrons. The Morgan fingerprint density at radius 1 is 1.12 bits per heavy atom. The largest absolute Gasteiger partial charge is 0.285 e. The van der Waals surface area contributed by atoms with E-state index >= 15 is 0 Å². The number of piperidine rings is 1. The number of aromatic amines is 1. The maximum absolute atomic E-state index is 12.8. The number of hydrogen-bond donors (Lipinski definition) is 2. The summed E-state index contributed by atoms with van der Waals surface area (Å²) in [5.74, 6) is 0.0935. The summed E-state index contributed by atoms with van der Waals surface area (Å²) in [6, 6.07) is 4.96. The number of hydrogen-bond acceptors (Lipinski definition) is 5. The first kappa shape index (κ1) is 17.1. The van der Waals surface area contributed by atoms with E-state index in [1.807, 2.05) is 0 Å². The number of nitrogens with two attached hydrogens (primary N) is 1. The topological polar surface area (TPSA) is 126 Å². The standard InChI is InChI=1S/C14H18N4O4S2/c15-23(19,20)13-3-5-14(6-4-13)24(21,22)18-7-1-2-11(10-18)12-8-16-17-9-12/h3-6,8-9,11H,1-2,7,10H2,(H,16,17)(H2,15,19,20)/t11-/m1/s1. The molecule has 1 aromatic carbocycles. The summed E-state index contributed by atoms with van der Waals surface area (Å²) >= 11 is 0. The van der Waals surface area contributed by atoms with Gasteiger partial charge in [0, 0.05) is 25.2 Å². The molecule has 0 bridgehead atoms. The van der Waals surface area contributed by atoms with Crippen molar-refractivity contribution in [2.45, 2.75) is 28.6 Å². The van der Waals surface area contributed by atoms with Crippen molar-refractivity contribution in [2.24, 2.45) is 5.14 Å². The van der Waals surface area contributed by atoms with E-state index < -0.39 is 20.0 Å². The van der Waals surface area contributed by atoms with E-state index in [-0.39, 0.29) is 15.7 Å². The first-order chi connectivity index (χ1) is 11.3. The van der Waals surface area contributed by atoms with E-state index in [4.69, 9.17) is 5.14 Å². The lowest BCUT2D eigenvalue weighted by Crippen LogP contribution is -2.39. The summed E-state index contributed by atoms with van der Waals surface area (Å²) in [4.78, 5) is -0.0564. The van der Waals surface area contributed by atoms with Gasteiger partial charge >= 0.3 is 0 Å². The zero-order chi connectivity index (χ0) is 17.4. The Hall–Kier alpha value is -1.75. The van der Waals surface area contributed by atoms with Crippen molar-refractivity contribution in [1.82, 2.24) is 14.5 Å². The fourth-order valence-corrected chi connectivity index (χ4v) is 4.91. The Kier molecular flexibility index (Phi) is 4.47. The molecule has 2 aromatic rings. The van der Waals surface area contributed by atoms with Gasteiger partial charge in [-0.25, -0.2) is 22.0 Å². The second-order valence-electron chi connectivity index (χ2n) is 5.75. The number of primary sulfonamides is 1. The van der Waals surface area contributed by atoms with E-state index in [9.17, 15) is 16.8 Å². The summed E-state index contributed by atoms with van der Waals surface area (Å²) in [6.45, 7) is 0.812. The lowest BCUT2D eigenvalue weighted by atomic mass is 9.94. The molecule has 1 saturated heterocycles. The third-order valence-corrected chi connectivity index (χ3v) is 6.97. The summed E-state index contributed by atoms with van der Waals surface area (Å²) in [7, 11) is -7.53. The highest BCUT2D eigenvalue weighted by Crippen LogP contribution is 2.29. The van der Waals surface area contributed by atoms with E-state index in [2.05, 4.69) is 10.2 Å². The van der Waals surface area contributed by atoms with Crippen LogP contribution in [0.15, 0.2) is 46.5 Å². The van der Waals surface area contributed by atoms with Crippen molar-refractivity contribution in [1.29, 1.82) is 0 Å². The van der Waals surface area contributed by atoms with E-state index in [0.29, 0.717) is 13.1 Å². The predicted molar refractivity (Wildman–Crippen MR) is 87.1 cm³/mol. The van der Waals surface area contributed by atoms with Gasteiger partial charge in [-0.2, -0.15) is 9.40 Å². The van der Waals surface area contributed by atoms with Crippen LogP contribution in [0.2, 0.25) is 0 Å². The van der Waals surface area contributed by atoms with E-state index in [0.717, 1.165) is 18.4 Å². The molecule has 8 nitrogen and oxygen atoms in total. The molecule has 24 heavy (non-hydrogen) atoms. The van der Waals surface area contributed by atoms with Crippen molar-refractivity contribution < 1.29 is 16.8 Å². The van der Waals surface area contributed by atoms with Crippen molar-refractivity contribution in [3.63, 3.8) is 0 Å². The van der Waals surface area contributed by atoms with E-state index in [1.165, 1.54) is 28.6 Å². The zero-order valence-electron chi connectivity index (χ0n) is 12.8. The normalized spacial score (nSPS) is 20.1. The third-order valence-electron chi connectivity index (χ3n) is 4.16. The minimum atomic E-state index is -3.85. The molecule has 3 rings (SSSR count). The highest BCUT2D eigenvalue weighted by Gasteiger charge is 2.31. The van der Waals surface area contributed by atoms with Gasteiger partial charge in [0.2, 0.25) is 20.0 Å². The molecule has 0 radical (unpaired) electrons. The molecular weight excluding hydrogens is 352 g/mol. The predicted octanol–water partition coefficient (Wildman–Crippen LogP) is 0.625. The SMILES string of the molecule is NS(=O)(=O)c1ccc(S(=O)(=O)N2CCC[C@@H](c3cn[nH]c3)C2)cc1. The quantitative estimate of drug-likeness (QED) is 0.816. The van der Waals surface area contributed by atoms with Crippen LogP contribution < -0.4 is 5.14 Å². The molecular formula is C14H18N4O4S2. The number of H-pyrrole nitrogens is 1. The maximum Gasteiger partial charge on any atom is 0.243 e. The average Bonchev–Trinajstić information content (AvgIpc) is 3.09. The minimum absolute atomic E-state index is 0.0581. The summed E-state index contributed by atoms with van der Waals surface area (Å²) in [5, 5.41) is 11.7. The number of benzene rings is 1. The Morgan fingerprint density at radius 2 is 1.79 bits per heavy atom. The molecule has 1 fully saturated rings. The molecule has 0 amide bonds. The van der Waals surface area contributed by atoms with Crippen LogP contribution in [0.1, 0.15) is 24.3 Å². The summed E-state index contributed by atoms with van der Waals surface area (Å²) in [5.41, 5.74) is 0.986. The highest BCUT2D eigenvalue weighted by molar-refractivity contribution is 7.89. The molecule has 0 saturated carbocycles. The third kappa shape index (κ3) is 3.36. The number of nitrogens with zero attached hydrogens (tertiary/aromatic N) is 2. The Labute approximate surface area is 140 Å². The van der Waals surface area contributed by atoms with Gasteiger partial charge in [-0.3, -0.25) is 5.10 Å². The Balaban J connectivity index is 1.84. The van der Waals surface area contributed by atoms with Gasteiger partial charge in [-0.05, 0) is 42.7 Å². The first-order valence-electron chi connectivity index (χ1n) is 7.40. The second-order valence-corrected chi connectivity index (χ2v) is 9.25. The van der Waals surface area contributed by atoms with Crippen molar-refractivity contribution in [3.8, 4) is 0 Å². The van der Waals surface area contributed by atoms with Crippen LogP contribution in [-0.2, 0) is 20.0 Å². The smallest absolute Gasteiger partial charge is 0.243 e. The number of aromatic nitrogens is 2. The van der Waals surface area contributed by atoms with Gasteiger partial charge in [-0.1, -0.05) is 0 Å². The zero-order valence-corrected chi connectivity index (χ0v) is 14.4. The highest BCUT2D eigenvalue weighted by atomic mass is 32.2. The molecule has 10 heteroatoms. The molecule has 0 unspecified atom stereocenters. The number of sulfonamides is 2. The molecule has 1 aliphatic rings. The van der Waals surface area contributed by atoms with Crippen molar-refractivity contribution in [2.75, 3.05) is 13.1 Å². The van der Waals surface area contributed by atoms with Crippen LogP contribution in [-0.4, -0.2) is 44.4 Å². The molecule has 0 spiro atoms. The second kappa shape index (κ2) is 6.28. The molecule has 1 aromatic heterocycles. The fraction of sp³-hybridized carbons (Fsp3) is 0.357. The van der Waals surface area contributed by atoms with Crippen LogP contribution in [0, 0.1) is 0 Å². The lowest BCUT2D eigenvalue weighted by Gasteiger charge is -2.31. The van der Waals surface area contributed by atoms with Crippen LogP contribution in [0.25, 0.3) is 0 Å². The first-order valence-corrected chi connectivity index (χ1v) is 10.4. The molecule has 1 atom stereocenters. The van der Waals surface area contributed by atoms with Gasteiger partial charge in [0.05, 0.1) is 16.0 Å². The lowest BCUT2D eigenvalue weighted by molar-refractivity contribution is 0.315. The Bertz CT molecular complexity index is 906. The summed E-state index contributed by atoms with van der Waals surface area (Å²) in [6.07, 6.45) is 5.14. The van der Waals surface area contributed by atoms with Gasteiger partial charge < -0.3 is 0 Å². The van der Waals surface area contributed by atoms with Crippen molar-refractivity contribution in [3.05, 3.63) is 42.2 Å². The van der Waals surface area contributed by atoms with E-state index in [1.54, 1.807) is 12.4 Å². The monoisotopic (exact) mass is 370 g/mol. The van der Waals surface area contributed by atoms with Crippen LogP contribution in [0.5, 0.6) is 0 Å². The van der Waals surface area contributed by atoms with Gasteiger partial charge in [0.25, 0.3) is 0 Å². The molecule has 3 N–H and O–H groups in total. The number of nitrogens with one attached hydrogen (secondary N) is 1. The van der Waals surface area contributed by atoms with Crippen LogP contribution in [0.3, 0.4) is 0 Å².